The van der Waals surface area contributed by atoms with Gasteiger partial charge in [0.1, 0.15) is 11.4 Å². The predicted octanol–water partition coefficient (Wildman–Crippen LogP) is 4.04. The summed E-state index contributed by atoms with van der Waals surface area (Å²) in [6.45, 7) is 0.532. The van der Waals surface area contributed by atoms with Gasteiger partial charge in [-0.25, -0.2) is 0 Å². The Balaban J connectivity index is 1.57. The van der Waals surface area contributed by atoms with Crippen LogP contribution in [-0.4, -0.2) is 25.5 Å². The fraction of sp³-hybridized carbons (Fsp3) is 0.320. The Morgan fingerprint density at radius 2 is 1.75 bits per heavy atom. The summed E-state index contributed by atoms with van der Waals surface area (Å²) in [5.41, 5.74) is 0.485. The minimum atomic E-state index is -0.485. The summed E-state index contributed by atoms with van der Waals surface area (Å²) < 4.78 is 5.89. The number of pyridine rings is 1. The summed E-state index contributed by atoms with van der Waals surface area (Å²) in [4.78, 5) is 26.0. The van der Waals surface area contributed by atoms with Gasteiger partial charge in [-0.05, 0) is 42.3 Å². The molecule has 3 aromatic rings. The van der Waals surface area contributed by atoms with Gasteiger partial charge in [-0.2, -0.15) is 4.73 Å². The molecule has 1 saturated carbocycles. The van der Waals surface area contributed by atoms with E-state index in [1.54, 1.807) is 25.3 Å². The zero-order valence-corrected chi connectivity index (χ0v) is 18.1. The zero-order valence-electron chi connectivity index (χ0n) is 18.1. The highest BCUT2D eigenvalue weighted by atomic mass is 16.5. The quantitative estimate of drug-likeness (QED) is 0.453. The van der Waals surface area contributed by atoms with Gasteiger partial charge in [0.25, 0.3) is 5.91 Å². The first kappa shape index (κ1) is 21.6. The number of rotatable bonds is 6. The molecular weight excluding hydrogens is 406 g/mol. The van der Waals surface area contributed by atoms with Crippen LogP contribution in [-0.2, 0) is 0 Å². The summed E-state index contributed by atoms with van der Waals surface area (Å²) in [6.07, 6.45) is 7.00. The fourth-order valence-electron chi connectivity index (χ4n) is 4.36. The normalized spacial score (nSPS) is 14.2. The number of aromatic nitrogens is 1. The molecule has 0 atom stereocenters. The minimum absolute atomic E-state index is 0.116. The molecule has 7 nitrogen and oxygen atoms in total. The van der Waals surface area contributed by atoms with Gasteiger partial charge in [-0.1, -0.05) is 43.5 Å². The van der Waals surface area contributed by atoms with Crippen LogP contribution in [0.15, 0.2) is 54.7 Å². The third kappa shape index (κ3) is 4.51. The van der Waals surface area contributed by atoms with Crippen LogP contribution >= 0.6 is 0 Å². The van der Waals surface area contributed by atoms with Crippen molar-refractivity contribution in [3.8, 4) is 5.75 Å². The first-order chi connectivity index (χ1) is 15.6. The molecule has 4 rings (SSSR count). The fourth-order valence-corrected chi connectivity index (χ4v) is 4.36. The van der Waals surface area contributed by atoms with E-state index in [1.165, 1.54) is 31.5 Å². The number of carbonyl (C=O) groups excluding carboxylic acids is 2. The SMILES string of the molecule is COc1ccc(C(=O)Nc2ccc[n+]([O-])c2C(=O)NCC2CCCCC2)c2ccccc12. The van der Waals surface area contributed by atoms with Crippen molar-refractivity contribution in [2.24, 2.45) is 5.92 Å². The van der Waals surface area contributed by atoms with Crippen molar-refractivity contribution in [2.75, 3.05) is 19.0 Å². The Morgan fingerprint density at radius 1 is 1.00 bits per heavy atom. The second kappa shape index (κ2) is 9.68. The first-order valence-corrected chi connectivity index (χ1v) is 11.0. The maximum Gasteiger partial charge on any atom is 0.319 e. The number of nitrogens with zero attached hydrogens (tertiary/aromatic N) is 1. The average Bonchev–Trinajstić information content (AvgIpc) is 2.82. The Bertz CT molecular complexity index is 1140. The van der Waals surface area contributed by atoms with E-state index in [1.807, 2.05) is 24.3 Å². The smallest absolute Gasteiger partial charge is 0.319 e. The molecule has 1 heterocycles. The third-order valence-electron chi connectivity index (χ3n) is 6.05. The number of hydrogen-bond acceptors (Lipinski definition) is 4. The average molecular weight is 434 g/mol. The maximum atomic E-state index is 13.1. The van der Waals surface area contributed by atoms with Gasteiger partial charge in [0.2, 0.25) is 0 Å². The summed E-state index contributed by atoms with van der Waals surface area (Å²) in [6, 6.07) is 13.9. The van der Waals surface area contributed by atoms with Crippen molar-refractivity contribution in [3.05, 3.63) is 71.2 Å². The van der Waals surface area contributed by atoms with Crippen LogP contribution in [0.4, 0.5) is 5.69 Å². The van der Waals surface area contributed by atoms with Crippen LogP contribution in [0, 0.1) is 11.1 Å². The summed E-state index contributed by atoms with van der Waals surface area (Å²) >= 11 is 0. The molecule has 1 aromatic heterocycles. The molecule has 0 unspecified atom stereocenters. The van der Waals surface area contributed by atoms with Gasteiger partial charge in [0.15, 0.2) is 6.20 Å². The highest BCUT2D eigenvalue weighted by Gasteiger charge is 2.25. The first-order valence-electron chi connectivity index (χ1n) is 11.0. The van der Waals surface area contributed by atoms with Crippen molar-refractivity contribution < 1.29 is 19.1 Å². The minimum Gasteiger partial charge on any atom is -0.618 e. The van der Waals surface area contributed by atoms with Gasteiger partial charge in [0.05, 0.1) is 7.11 Å². The molecular formula is C25H27N3O4. The molecule has 2 aromatic carbocycles. The van der Waals surface area contributed by atoms with E-state index in [0.717, 1.165) is 23.6 Å². The lowest BCUT2D eigenvalue weighted by Crippen LogP contribution is -2.42. The second-order valence-electron chi connectivity index (χ2n) is 8.13. The number of fused-ring (bicyclic) bond motifs is 1. The molecule has 2 N–H and O–H groups in total. The number of hydrogen-bond donors (Lipinski definition) is 2. The van der Waals surface area contributed by atoms with E-state index in [-0.39, 0.29) is 11.4 Å². The monoisotopic (exact) mass is 433 g/mol. The van der Waals surface area contributed by atoms with Crippen molar-refractivity contribution in [2.45, 2.75) is 32.1 Å². The largest absolute Gasteiger partial charge is 0.618 e. The van der Waals surface area contributed by atoms with Gasteiger partial charge >= 0.3 is 11.6 Å². The van der Waals surface area contributed by atoms with Crippen LogP contribution in [0.5, 0.6) is 5.75 Å². The van der Waals surface area contributed by atoms with E-state index in [2.05, 4.69) is 10.6 Å². The Kier molecular flexibility index (Phi) is 6.54. The molecule has 0 spiro atoms. The number of benzene rings is 2. The highest BCUT2D eigenvalue weighted by molar-refractivity contribution is 6.15. The van der Waals surface area contributed by atoms with E-state index in [0.29, 0.717) is 28.5 Å². The van der Waals surface area contributed by atoms with E-state index < -0.39 is 11.8 Å². The van der Waals surface area contributed by atoms with Crippen LogP contribution in [0.1, 0.15) is 53.0 Å². The van der Waals surface area contributed by atoms with Gasteiger partial charge in [0, 0.05) is 23.6 Å². The molecule has 166 valence electrons. The number of nitrogens with one attached hydrogen (secondary N) is 2. The molecule has 1 aliphatic rings. The molecule has 2 amide bonds. The number of anilines is 1. The topological polar surface area (TPSA) is 94.4 Å². The lowest BCUT2D eigenvalue weighted by Gasteiger charge is -2.21. The summed E-state index contributed by atoms with van der Waals surface area (Å²) in [5.74, 6) is 0.203. The molecule has 0 bridgehead atoms. The van der Waals surface area contributed by atoms with Gasteiger partial charge in [-0.15, -0.1) is 0 Å². The van der Waals surface area contributed by atoms with Crippen molar-refractivity contribution in [1.29, 1.82) is 0 Å². The standard InChI is InChI=1S/C25H27N3O4/c1-32-22-14-13-20(18-10-5-6-11-19(18)22)24(29)27-21-12-7-15-28(31)23(21)25(30)26-16-17-8-3-2-4-9-17/h5-7,10-15,17H,2-4,8-9,16H2,1H3,(H,26,30)(H,27,29). The van der Waals surface area contributed by atoms with Gasteiger partial charge < -0.3 is 20.6 Å². The van der Waals surface area contributed by atoms with Gasteiger partial charge in [-0.3, -0.25) is 9.59 Å². The molecule has 0 saturated heterocycles. The maximum absolute atomic E-state index is 13.1. The molecule has 1 fully saturated rings. The van der Waals surface area contributed by atoms with E-state index in [9.17, 15) is 14.8 Å². The number of carbonyl (C=O) groups is 2. The van der Waals surface area contributed by atoms with Crippen molar-refractivity contribution in [3.63, 3.8) is 0 Å². The van der Waals surface area contributed by atoms with E-state index >= 15 is 0 Å². The van der Waals surface area contributed by atoms with Crippen molar-refractivity contribution >= 4 is 28.3 Å². The summed E-state index contributed by atoms with van der Waals surface area (Å²) in [5, 5.41) is 19.6. The third-order valence-corrected chi connectivity index (χ3v) is 6.05. The van der Waals surface area contributed by atoms with Crippen LogP contribution in [0.25, 0.3) is 10.8 Å². The van der Waals surface area contributed by atoms with Crippen LogP contribution < -0.4 is 20.1 Å². The lowest BCUT2D eigenvalue weighted by atomic mass is 9.89. The van der Waals surface area contributed by atoms with E-state index in [4.69, 9.17) is 4.74 Å². The second-order valence-corrected chi connectivity index (χ2v) is 8.13. The number of ether oxygens (including phenoxy) is 1. The zero-order chi connectivity index (χ0) is 22.5. The predicted molar refractivity (Wildman–Crippen MR) is 123 cm³/mol. The molecule has 7 heteroatoms. The summed E-state index contributed by atoms with van der Waals surface area (Å²) in [7, 11) is 1.58. The molecule has 0 radical (unpaired) electrons. The van der Waals surface area contributed by atoms with Crippen LogP contribution in [0.2, 0.25) is 0 Å². The number of amides is 2. The van der Waals surface area contributed by atoms with Crippen LogP contribution in [0.3, 0.4) is 0 Å². The molecule has 32 heavy (non-hydrogen) atoms. The lowest BCUT2D eigenvalue weighted by molar-refractivity contribution is -0.607. The number of methoxy groups -OCH3 is 1. The highest BCUT2D eigenvalue weighted by Crippen LogP contribution is 2.29. The van der Waals surface area contributed by atoms with Crippen molar-refractivity contribution in [1.82, 2.24) is 5.32 Å². The molecule has 1 aliphatic carbocycles. The Morgan fingerprint density at radius 3 is 2.50 bits per heavy atom. The molecule has 0 aliphatic heterocycles. The Hall–Kier alpha value is -3.61. The Labute approximate surface area is 187 Å².